The summed E-state index contributed by atoms with van der Waals surface area (Å²) in [5.74, 6) is 0.201. The standard InChI is InChI=1S/C28H32FN5O2/c1-18-17-34(28(21-10-12-36-13-11-21)20-4-6-22(29)7-5-20)19(2)16-33(18)25-14-26(35)32(3)24-9-8-23(15-30)31-27(24)25/h4-9,14,18-19,21,28H,10-13,16-17H2,1-3H3/t18-,19?,28?/m0/s1. The first kappa shape index (κ1) is 24.4. The number of aromatic nitrogens is 2. The number of halogens is 1. The summed E-state index contributed by atoms with van der Waals surface area (Å²) in [6.07, 6.45) is 1.95. The lowest BCUT2D eigenvalue weighted by Gasteiger charge is -2.50. The number of anilines is 1. The lowest BCUT2D eigenvalue weighted by Crippen LogP contribution is -2.58. The van der Waals surface area contributed by atoms with Crippen LogP contribution < -0.4 is 10.5 Å². The van der Waals surface area contributed by atoms with E-state index in [2.05, 4.69) is 34.7 Å². The highest BCUT2D eigenvalue weighted by Gasteiger charge is 2.38. The molecule has 3 atom stereocenters. The number of fused-ring (bicyclic) bond motifs is 1. The van der Waals surface area contributed by atoms with Crippen molar-refractivity contribution in [1.82, 2.24) is 14.5 Å². The van der Waals surface area contributed by atoms with Gasteiger partial charge in [-0.2, -0.15) is 5.26 Å². The van der Waals surface area contributed by atoms with Crippen molar-refractivity contribution < 1.29 is 9.13 Å². The highest BCUT2D eigenvalue weighted by molar-refractivity contribution is 5.89. The lowest BCUT2D eigenvalue weighted by molar-refractivity contribution is 0.00544. The minimum atomic E-state index is -0.225. The van der Waals surface area contributed by atoms with Gasteiger partial charge in [0, 0.05) is 57.5 Å². The number of hydrogen-bond donors (Lipinski definition) is 0. The Morgan fingerprint density at radius 2 is 1.81 bits per heavy atom. The second-order valence-corrected chi connectivity index (χ2v) is 10.1. The summed E-state index contributed by atoms with van der Waals surface area (Å²) < 4.78 is 21.0. The van der Waals surface area contributed by atoms with Crippen LogP contribution in [0.2, 0.25) is 0 Å². The summed E-state index contributed by atoms with van der Waals surface area (Å²) in [5, 5.41) is 9.43. The molecule has 2 saturated heterocycles. The van der Waals surface area contributed by atoms with Gasteiger partial charge in [0.15, 0.2) is 0 Å². The predicted octanol–water partition coefficient (Wildman–Crippen LogP) is 4.01. The number of pyridine rings is 2. The van der Waals surface area contributed by atoms with Gasteiger partial charge in [0.1, 0.15) is 23.1 Å². The molecule has 0 N–H and O–H groups in total. The number of rotatable bonds is 4. The minimum absolute atomic E-state index is 0.0994. The summed E-state index contributed by atoms with van der Waals surface area (Å²) in [4.78, 5) is 22.2. The van der Waals surface area contributed by atoms with E-state index in [0.717, 1.165) is 43.9 Å². The number of piperazine rings is 1. The SMILES string of the molecule is CC1CN(c2cc(=O)n(C)c3ccc(C#N)nc23)[C@@H](C)CN1C(c1ccc(F)cc1)C1CCOCC1. The van der Waals surface area contributed by atoms with Gasteiger partial charge in [-0.15, -0.1) is 0 Å². The normalized spacial score (nSPS) is 22.5. The van der Waals surface area contributed by atoms with Crippen LogP contribution in [-0.4, -0.2) is 52.8 Å². The first-order chi connectivity index (χ1) is 17.4. The van der Waals surface area contributed by atoms with Gasteiger partial charge in [-0.05, 0) is 62.4 Å². The molecule has 0 spiro atoms. The summed E-state index contributed by atoms with van der Waals surface area (Å²) in [6, 6.07) is 14.6. The molecule has 0 amide bonds. The van der Waals surface area contributed by atoms with Crippen LogP contribution in [0.5, 0.6) is 0 Å². The first-order valence-corrected chi connectivity index (χ1v) is 12.6. The number of nitrogens with zero attached hydrogens (tertiary/aromatic N) is 5. The molecule has 8 heteroatoms. The van der Waals surface area contributed by atoms with Crippen LogP contribution in [0.1, 0.15) is 44.0 Å². The summed E-state index contributed by atoms with van der Waals surface area (Å²) in [5.41, 5.74) is 3.52. The Balaban J connectivity index is 1.51. The maximum atomic E-state index is 13.8. The van der Waals surface area contributed by atoms with Crippen LogP contribution in [0.4, 0.5) is 10.1 Å². The molecule has 5 rings (SSSR count). The van der Waals surface area contributed by atoms with Crippen molar-refractivity contribution in [2.75, 3.05) is 31.2 Å². The second kappa shape index (κ2) is 10.00. The fraction of sp³-hybridized carbons (Fsp3) is 0.464. The van der Waals surface area contributed by atoms with E-state index in [4.69, 9.17) is 4.74 Å². The highest BCUT2D eigenvalue weighted by atomic mass is 19.1. The van der Waals surface area contributed by atoms with Gasteiger partial charge >= 0.3 is 0 Å². The van der Waals surface area contributed by atoms with Crippen LogP contribution in [-0.2, 0) is 11.8 Å². The molecule has 2 fully saturated rings. The summed E-state index contributed by atoms with van der Waals surface area (Å²) in [7, 11) is 1.73. The van der Waals surface area contributed by atoms with Crippen molar-refractivity contribution in [3.05, 3.63) is 69.9 Å². The Hall–Kier alpha value is -3.28. The van der Waals surface area contributed by atoms with Crippen molar-refractivity contribution in [3.8, 4) is 6.07 Å². The fourth-order valence-corrected chi connectivity index (χ4v) is 5.90. The van der Waals surface area contributed by atoms with E-state index < -0.39 is 0 Å². The third kappa shape index (κ3) is 4.49. The predicted molar refractivity (Wildman–Crippen MR) is 137 cm³/mol. The molecule has 2 unspecified atom stereocenters. The molecule has 0 bridgehead atoms. The molecule has 3 aromatic rings. The van der Waals surface area contributed by atoms with Crippen LogP contribution >= 0.6 is 0 Å². The summed E-state index contributed by atoms with van der Waals surface area (Å²) in [6.45, 7) is 7.38. The molecular weight excluding hydrogens is 457 g/mol. The molecule has 2 aromatic heterocycles. The topological polar surface area (TPSA) is 74.4 Å². The van der Waals surface area contributed by atoms with Gasteiger partial charge < -0.3 is 14.2 Å². The largest absolute Gasteiger partial charge is 0.381 e. The van der Waals surface area contributed by atoms with Gasteiger partial charge in [0.05, 0.1) is 11.2 Å². The molecule has 2 aliphatic heterocycles. The molecular formula is C28H32FN5O2. The smallest absolute Gasteiger partial charge is 0.252 e. The average molecular weight is 490 g/mol. The molecule has 7 nitrogen and oxygen atoms in total. The Morgan fingerprint density at radius 1 is 1.08 bits per heavy atom. The molecule has 36 heavy (non-hydrogen) atoms. The number of aryl methyl sites for hydroxylation is 1. The van der Waals surface area contributed by atoms with Crippen LogP contribution in [0.3, 0.4) is 0 Å². The van der Waals surface area contributed by atoms with E-state index in [1.54, 1.807) is 41.9 Å². The zero-order valence-electron chi connectivity index (χ0n) is 21.0. The Labute approximate surface area is 210 Å². The lowest BCUT2D eigenvalue weighted by atomic mass is 9.84. The molecule has 0 aliphatic carbocycles. The number of benzene rings is 1. The fourth-order valence-electron chi connectivity index (χ4n) is 5.90. The highest BCUT2D eigenvalue weighted by Crippen LogP contribution is 2.39. The molecule has 4 heterocycles. The second-order valence-electron chi connectivity index (χ2n) is 10.1. The number of nitriles is 1. The van der Waals surface area contributed by atoms with Crippen LogP contribution in [0.15, 0.2) is 47.3 Å². The van der Waals surface area contributed by atoms with Crippen molar-refractivity contribution in [3.63, 3.8) is 0 Å². The van der Waals surface area contributed by atoms with E-state index in [0.29, 0.717) is 29.2 Å². The molecule has 188 valence electrons. The average Bonchev–Trinajstić information content (AvgIpc) is 2.89. The number of hydrogen-bond acceptors (Lipinski definition) is 6. The third-order valence-electron chi connectivity index (χ3n) is 7.81. The van der Waals surface area contributed by atoms with E-state index in [1.807, 2.05) is 12.1 Å². The van der Waals surface area contributed by atoms with Gasteiger partial charge in [0.25, 0.3) is 5.56 Å². The van der Waals surface area contributed by atoms with Crippen molar-refractivity contribution in [2.45, 2.75) is 44.8 Å². The zero-order chi connectivity index (χ0) is 25.4. The Morgan fingerprint density at radius 3 is 2.50 bits per heavy atom. The zero-order valence-corrected chi connectivity index (χ0v) is 21.0. The Kier molecular flexibility index (Phi) is 6.78. The summed E-state index contributed by atoms with van der Waals surface area (Å²) >= 11 is 0. The van der Waals surface area contributed by atoms with E-state index in [1.165, 1.54) is 0 Å². The molecule has 0 saturated carbocycles. The Bertz CT molecular complexity index is 1340. The molecule has 1 aromatic carbocycles. The molecule has 0 radical (unpaired) electrons. The minimum Gasteiger partial charge on any atom is -0.381 e. The van der Waals surface area contributed by atoms with Gasteiger partial charge in [-0.25, -0.2) is 9.37 Å². The van der Waals surface area contributed by atoms with Gasteiger partial charge in [-0.1, -0.05) is 12.1 Å². The quantitative estimate of drug-likeness (QED) is 0.551. The van der Waals surface area contributed by atoms with E-state index in [-0.39, 0.29) is 29.5 Å². The maximum Gasteiger partial charge on any atom is 0.252 e. The number of ether oxygens (including phenoxy) is 1. The van der Waals surface area contributed by atoms with Crippen LogP contribution in [0.25, 0.3) is 11.0 Å². The van der Waals surface area contributed by atoms with E-state index in [9.17, 15) is 14.4 Å². The van der Waals surface area contributed by atoms with E-state index >= 15 is 0 Å². The first-order valence-electron chi connectivity index (χ1n) is 12.6. The van der Waals surface area contributed by atoms with Crippen molar-refractivity contribution in [1.29, 1.82) is 5.26 Å². The van der Waals surface area contributed by atoms with Crippen molar-refractivity contribution in [2.24, 2.45) is 13.0 Å². The van der Waals surface area contributed by atoms with Gasteiger partial charge in [0.2, 0.25) is 0 Å². The van der Waals surface area contributed by atoms with Gasteiger partial charge in [-0.3, -0.25) is 9.69 Å². The maximum absolute atomic E-state index is 13.8. The third-order valence-corrected chi connectivity index (χ3v) is 7.81. The molecule has 2 aliphatic rings. The van der Waals surface area contributed by atoms with Crippen molar-refractivity contribution >= 4 is 16.7 Å². The van der Waals surface area contributed by atoms with Crippen LogP contribution in [0, 0.1) is 23.1 Å². The monoisotopic (exact) mass is 489 g/mol.